The lowest BCUT2D eigenvalue weighted by Crippen LogP contribution is -2.44. The summed E-state index contributed by atoms with van der Waals surface area (Å²) in [6.45, 7) is 8.10. The van der Waals surface area contributed by atoms with Crippen LogP contribution in [0.15, 0.2) is 46.1 Å². The van der Waals surface area contributed by atoms with Gasteiger partial charge in [-0.1, -0.05) is 54.5 Å². The maximum atomic E-state index is 13.6. The smallest absolute Gasteiger partial charge is 0.234 e. The minimum absolute atomic E-state index is 0.0274. The van der Waals surface area contributed by atoms with Crippen molar-refractivity contribution in [2.24, 2.45) is 11.1 Å². The maximum absolute atomic E-state index is 13.6. The molecule has 0 spiro atoms. The summed E-state index contributed by atoms with van der Waals surface area (Å²) in [7, 11) is 0. The Hall–Kier alpha value is -2.67. The van der Waals surface area contributed by atoms with Crippen molar-refractivity contribution in [3.8, 4) is 0 Å². The molecule has 4 rings (SSSR count). The number of aryl methyl sites for hydroxylation is 1. The van der Waals surface area contributed by atoms with Crippen LogP contribution in [0.1, 0.15) is 56.5 Å². The third-order valence-electron chi connectivity index (χ3n) is 6.10. The highest BCUT2D eigenvalue weighted by Gasteiger charge is 2.46. The molecule has 1 amide bonds. The van der Waals surface area contributed by atoms with Crippen molar-refractivity contribution in [1.82, 2.24) is 10.1 Å². The normalized spacial score (nSPS) is 27.3. The third-order valence-corrected chi connectivity index (χ3v) is 6.10. The molecule has 7 heteroatoms. The summed E-state index contributed by atoms with van der Waals surface area (Å²) in [4.78, 5) is 21.2. The number of benzene rings is 1. The van der Waals surface area contributed by atoms with Gasteiger partial charge in [-0.05, 0) is 25.3 Å². The van der Waals surface area contributed by atoms with E-state index in [1.165, 1.54) is 0 Å². The van der Waals surface area contributed by atoms with Crippen LogP contribution < -0.4 is 0 Å². The molecule has 0 unspecified atom stereocenters. The van der Waals surface area contributed by atoms with Crippen molar-refractivity contribution in [2.45, 2.75) is 64.2 Å². The zero-order valence-corrected chi connectivity index (χ0v) is 17.9. The lowest BCUT2D eigenvalue weighted by atomic mass is 9.87. The van der Waals surface area contributed by atoms with Crippen LogP contribution in [-0.4, -0.2) is 45.5 Å². The number of β-amino-alcohol motifs (C(OH)–C–C–N with tert-alkyl or cyclic N) is 1. The molecular formula is C23H29N3O4. The van der Waals surface area contributed by atoms with Gasteiger partial charge < -0.3 is 19.4 Å². The van der Waals surface area contributed by atoms with Crippen molar-refractivity contribution >= 4 is 11.6 Å². The van der Waals surface area contributed by atoms with Crippen LogP contribution in [0, 0.1) is 12.8 Å². The second-order valence-electron chi connectivity index (χ2n) is 8.94. The molecule has 1 saturated heterocycles. The molecule has 1 N–H and O–H groups in total. The summed E-state index contributed by atoms with van der Waals surface area (Å²) < 4.78 is 5.43. The summed E-state index contributed by atoms with van der Waals surface area (Å²) in [6.07, 6.45) is 0.444. The number of aliphatic hydroxyl groups is 1. The molecule has 4 atom stereocenters. The Balaban J connectivity index is 1.57. The fourth-order valence-electron chi connectivity index (χ4n) is 4.51. The lowest BCUT2D eigenvalue weighted by Gasteiger charge is -2.29. The average Bonchev–Trinajstić information content (AvgIpc) is 3.41. The summed E-state index contributed by atoms with van der Waals surface area (Å²) in [6, 6.07) is 11.5. The van der Waals surface area contributed by atoms with E-state index in [0.29, 0.717) is 18.6 Å². The van der Waals surface area contributed by atoms with Gasteiger partial charge in [0.2, 0.25) is 5.91 Å². The van der Waals surface area contributed by atoms with Crippen LogP contribution in [0.25, 0.3) is 0 Å². The van der Waals surface area contributed by atoms with Gasteiger partial charge in [0, 0.05) is 25.5 Å². The minimum atomic E-state index is -0.588. The molecule has 160 valence electrons. The van der Waals surface area contributed by atoms with E-state index in [1.54, 1.807) is 4.90 Å². The first-order valence-electron chi connectivity index (χ1n) is 10.5. The van der Waals surface area contributed by atoms with Gasteiger partial charge in [0.1, 0.15) is 11.7 Å². The molecule has 2 aliphatic heterocycles. The second kappa shape index (κ2) is 7.87. The number of amides is 1. The van der Waals surface area contributed by atoms with Gasteiger partial charge in [0.05, 0.1) is 23.6 Å². The number of aromatic nitrogens is 1. The highest BCUT2D eigenvalue weighted by molar-refractivity contribution is 5.96. The summed E-state index contributed by atoms with van der Waals surface area (Å²) in [5, 5.41) is 18.7. The first-order valence-corrected chi connectivity index (χ1v) is 10.5. The Bertz CT molecular complexity index is 939. The number of nitrogens with zero attached hydrogens (tertiary/aromatic N) is 3. The Morgan fingerprint density at radius 1 is 1.30 bits per heavy atom. The molecule has 2 aromatic rings. The van der Waals surface area contributed by atoms with Gasteiger partial charge in [0.25, 0.3) is 0 Å². The SMILES string of the molecule is Cc1cc([C@H](C(=O)N2C[C@H](O)C[C@H]2C2=NO[C@@](C)(c3ccccc3)C2)C(C)C)on1. The van der Waals surface area contributed by atoms with Crippen molar-refractivity contribution in [1.29, 1.82) is 0 Å². The number of carbonyl (C=O) groups is 1. The molecule has 0 radical (unpaired) electrons. The number of oxime groups is 1. The second-order valence-corrected chi connectivity index (χ2v) is 8.94. The van der Waals surface area contributed by atoms with E-state index in [9.17, 15) is 9.90 Å². The van der Waals surface area contributed by atoms with Crippen molar-refractivity contribution in [2.75, 3.05) is 6.54 Å². The Morgan fingerprint density at radius 3 is 2.67 bits per heavy atom. The van der Waals surface area contributed by atoms with Crippen LogP contribution in [-0.2, 0) is 15.2 Å². The zero-order chi connectivity index (χ0) is 21.5. The molecule has 0 saturated carbocycles. The van der Waals surface area contributed by atoms with Crippen LogP contribution in [0.5, 0.6) is 0 Å². The number of aliphatic hydroxyl groups excluding tert-OH is 1. The van der Waals surface area contributed by atoms with E-state index >= 15 is 0 Å². The van der Waals surface area contributed by atoms with E-state index in [2.05, 4.69) is 10.3 Å². The number of carbonyl (C=O) groups excluding carboxylic acids is 1. The minimum Gasteiger partial charge on any atom is -0.391 e. The van der Waals surface area contributed by atoms with Crippen molar-refractivity contribution in [3.63, 3.8) is 0 Å². The topological polar surface area (TPSA) is 88.2 Å². The van der Waals surface area contributed by atoms with Gasteiger partial charge in [0.15, 0.2) is 5.60 Å². The molecular weight excluding hydrogens is 382 g/mol. The van der Waals surface area contributed by atoms with Crippen molar-refractivity contribution < 1.29 is 19.3 Å². The van der Waals surface area contributed by atoms with Gasteiger partial charge in [-0.15, -0.1) is 0 Å². The highest BCUT2D eigenvalue weighted by Crippen LogP contribution is 2.38. The molecule has 1 aromatic heterocycles. The quantitative estimate of drug-likeness (QED) is 0.815. The van der Waals surface area contributed by atoms with Gasteiger partial charge >= 0.3 is 0 Å². The first kappa shape index (κ1) is 20.6. The number of hydrogen-bond acceptors (Lipinski definition) is 6. The van der Waals surface area contributed by atoms with Gasteiger partial charge in [-0.25, -0.2) is 0 Å². The molecule has 30 heavy (non-hydrogen) atoms. The van der Waals surface area contributed by atoms with E-state index < -0.39 is 17.6 Å². The van der Waals surface area contributed by atoms with Crippen LogP contribution in [0.4, 0.5) is 0 Å². The molecule has 1 fully saturated rings. The monoisotopic (exact) mass is 411 g/mol. The van der Waals surface area contributed by atoms with E-state index in [4.69, 9.17) is 9.36 Å². The third kappa shape index (κ3) is 3.74. The Morgan fingerprint density at radius 2 is 2.03 bits per heavy atom. The fraction of sp³-hybridized carbons (Fsp3) is 0.522. The standard InChI is InChI=1S/C23H29N3O4/c1-14(2)21(20-10-15(3)24-29-20)22(28)26-13-17(27)11-19(26)18-12-23(4,30-25-18)16-8-6-5-7-9-16/h5-10,14,17,19,21,27H,11-13H2,1-4H3/t17-,19+,21-,23-/m1/s1. The van der Waals surface area contributed by atoms with Crippen LogP contribution in [0.2, 0.25) is 0 Å². The van der Waals surface area contributed by atoms with Crippen LogP contribution in [0.3, 0.4) is 0 Å². The first-order chi connectivity index (χ1) is 14.3. The summed E-state index contributed by atoms with van der Waals surface area (Å²) in [5.74, 6) is 0.0621. The number of likely N-dealkylation sites (tertiary alicyclic amines) is 1. The summed E-state index contributed by atoms with van der Waals surface area (Å²) in [5.41, 5.74) is 2.01. The molecule has 1 aromatic carbocycles. The Labute approximate surface area is 176 Å². The Kier molecular flexibility index (Phi) is 5.40. The predicted molar refractivity (Wildman–Crippen MR) is 112 cm³/mol. The van der Waals surface area contributed by atoms with Crippen LogP contribution >= 0.6 is 0 Å². The van der Waals surface area contributed by atoms with E-state index in [0.717, 1.165) is 17.0 Å². The van der Waals surface area contributed by atoms with E-state index in [-0.39, 0.29) is 24.4 Å². The van der Waals surface area contributed by atoms with E-state index in [1.807, 2.05) is 64.1 Å². The fourth-order valence-corrected chi connectivity index (χ4v) is 4.51. The molecule has 7 nitrogen and oxygen atoms in total. The number of rotatable bonds is 5. The highest BCUT2D eigenvalue weighted by atomic mass is 16.7. The molecule has 0 bridgehead atoms. The average molecular weight is 412 g/mol. The van der Waals surface area contributed by atoms with Gasteiger partial charge in [-0.2, -0.15) is 0 Å². The number of hydrogen-bond donors (Lipinski definition) is 1. The molecule has 2 aliphatic rings. The lowest BCUT2D eigenvalue weighted by molar-refractivity contribution is -0.134. The zero-order valence-electron chi connectivity index (χ0n) is 17.9. The predicted octanol–water partition coefficient (Wildman–Crippen LogP) is 3.38. The maximum Gasteiger partial charge on any atom is 0.234 e. The molecule has 3 heterocycles. The largest absolute Gasteiger partial charge is 0.391 e. The summed E-state index contributed by atoms with van der Waals surface area (Å²) >= 11 is 0. The molecule has 0 aliphatic carbocycles. The van der Waals surface area contributed by atoms with Crippen molar-refractivity contribution in [3.05, 3.63) is 53.4 Å². The van der Waals surface area contributed by atoms with Gasteiger partial charge in [-0.3, -0.25) is 4.79 Å².